The Morgan fingerprint density at radius 1 is 0.959 bits per heavy atom. The second kappa shape index (κ2) is 14.9. The van der Waals surface area contributed by atoms with Gasteiger partial charge in [0.15, 0.2) is 0 Å². The predicted octanol–water partition coefficient (Wildman–Crippen LogP) is 7.12. The summed E-state index contributed by atoms with van der Waals surface area (Å²) < 4.78 is 136. The Balaban J connectivity index is 1.44. The van der Waals surface area contributed by atoms with Crippen LogP contribution in [0.4, 0.5) is 38.0 Å². The summed E-state index contributed by atoms with van der Waals surface area (Å²) in [6.07, 6.45) is -11.4. The van der Waals surface area contributed by atoms with Crippen LogP contribution >= 0.6 is 0 Å². The van der Waals surface area contributed by atoms with Crippen molar-refractivity contribution in [2.45, 2.75) is 54.8 Å². The molecule has 2 atom stereocenters. The maximum absolute atomic E-state index is 13.8. The number of anilines is 2. The number of rotatable bonds is 11. The van der Waals surface area contributed by atoms with Gasteiger partial charge in [0.05, 0.1) is 17.6 Å². The first-order valence-electron chi connectivity index (χ1n) is 13.8. The van der Waals surface area contributed by atoms with Crippen molar-refractivity contribution >= 4 is 38.3 Å². The molecule has 0 fully saturated rings. The summed E-state index contributed by atoms with van der Waals surface area (Å²) in [4.78, 5) is 18.0. The van der Waals surface area contributed by atoms with Crippen LogP contribution in [0.2, 0.25) is 0 Å². The standard InChI is InChI=1S/C30H25F6N4O7S2/c1-17(46-16-19-4-3-5-21(14-19)20-6-12-24(13-7-20)49(43,44)45)18(2)47-26-25(29(31,32)33)15-37-28(39-26)38-22-8-10-23(11-9-22)48(42)40-27(41)30(34,35)36/h3-15,17-18H,16H2,1-2H3,(H,37,38,39)(H,43,44,45)/q-1. The van der Waals surface area contributed by atoms with Gasteiger partial charge in [-0.1, -0.05) is 47.4 Å². The van der Waals surface area contributed by atoms with Gasteiger partial charge in [0.1, 0.15) is 11.7 Å². The van der Waals surface area contributed by atoms with Crippen molar-refractivity contribution in [2.75, 3.05) is 5.32 Å². The van der Waals surface area contributed by atoms with E-state index in [-0.39, 0.29) is 28.0 Å². The van der Waals surface area contributed by atoms with E-state index in [1.807, 2.05) is 0 Å². The van der Waals surface area contributed by atoms with Crippen LogP contribution in [0.1, 0.15) is 25.0 Å². The molecule has 0 radical (unpaired) electrons. The molecule has 0 bridgehead atoms. The van der Waals surface area contributed by atoms with Crippen molar-refractivity contribution in [1.29, 1.82) is 0 Å². The molecule has 49 heavy (non-hydrogen) atoms. The normalized spacial score (nSPS) is 14.2. The molecule has 2 N–H and O–H groups in total. The average Bonchev–Trinajstić information content (AvgIpc) is 3.02. The highest BCUT2D eigenvalue weighted by molar-refractivity contribution is 7.85. The summed E-state index contributed by atoms with van der Waals surface area (Å²) in [5, 5.41) is 2.61. The Morgan fingerprint density at radius 2 is 1.61 bits per heavy atom. The quantitative estimate of drug-likeness (QED) is 0.0925. The maximum atomic E-state index is 13.8. The Hall–Kier alpha value is -4.59. The lowest BCUT2D eigenvalue weighted by Crippen LogP contribution is -2.30. The van der Waals surface area contributed by atoms with Gasteiger partial charge in [0, 0.05) is 11.9 Å². The van der Waals surface area contributed by atoms with Crippen LogP contribution in [0.25, 0.3) is 11.1 Å². The zero-order valence-electron chi connectivity index (χ0n) is 25.2. The number of benzene rings is 3. The third kappa shape index (κ3) is 10.2. The summed E-state index contributed by atoms with van der Waals surface area (Å²) in [6, 6.07) is 17.2. The summed E-state index contributed by atoms with van der Waals surface area (Å²) in [5.74, 6) is -3.67. The highest BCUT2D eigenvalue weighted by Crippen LogP contribution is 2.36. The number of nitrogens with zero attached hydrogens (tertiary/aromatic N) is 3. The molecule has 4 rings (SSSR count). The van der Waals surface area contributed by atoms with E-state index in [1.165, 1.54) is 43.3 Å². The molecule has 3 aromatic carbocycles. The highest BCUT2D eigenvalue weighted by atomic mass is 32.2. The number of amides is 1. The number of nitrogens with one attached hydrogen (secondary N) is 1. The number of alkyl halides is 6. The zero-order chi connectivity index (χ0) is 36.1. The topological polar surface area (TPSA) is 157 Å². The first-order chi connectivity index (χ1) is 22.8. The molecule has 1 amide bonds. The van der Waals surface area contributed by atoms with Crippen molar-refractivity contribution in [2.24, 2.45) is 4.36 Å². The Kier molecular flexibility index (Phi) is 11.3. The number of halogens is 6. The predicted molar refractivity (Wildman–Crippen MR) is 163 cm³/mol. The molecule has 0 saturated heterocycles. The fraction of sp³-hybridized carbons (Fsp3) is 0.233. The van der Waals surface area contributed by atoms with Gasteiger partial charge in [-0.3, -0.25) is 9.35 Å². The van der Waals surface area contributed by atoms with Crippen LogP contribution in [0.15, 0.2) is 93.1 Å². The zero-order valence-corrected chi connectivity index (χ0v) is 26.8. The molecular weight excluding hydrogens is 706 g/mol. The maximum Gasteiger partial charge on any atom is 0.471 e. The van der Waals surface area contributed by atoms with Crippen molar-refractivity contribution in [3.8, 4) is 17.0 Å². The third-order valence-electron chi connectivity index (χ3n) is 6.66. The van der Waals surface area contributed by atoms with Crippen LogP contribution in [-0.2, 0) is 47.2 Å². The third-order valence-corrected chi connectivity index (χ3v) is 8.54. The monoisotopic (exact) mass is 731 g/mol. The van der Waals surface area contributed by atoms with Crippen LogP contribution in [0, 0.1) is 0 Å². The molecule has 1 aromatic heterocycles. The van der Waals surface area contributed by atoms with Crippen LogP contribution < -0.4 is 10.1 Å². The largest absolute Gasteiger partial charge is 0.471 e. The molecule has 2 unspecified atom stereocenters. The average molecular weight is 732 g/mol. The van der Waals surface area contributed by atoms with Crippen molar-refractivity contribution < 1.29 is 57.8 Å². The minimum absolute atomic E-state index is 0.0347. The molecule has 0 aliphatic heterocycles. The number of aromatic nitrogens is 2. The van der Waals surface area contributed by atoms with E-state index in [9.17, 15) is 48.3 Å². The number of hydrogen-bond acceptors (Lipinski definition) is 10. The molecule has 262 valence electrons. The van der Waals surface area contributed by atoms with Gasteiger partial charge in [-0.2, -0.15) is 50.3 Å². The molecule has 0 saturated carbocycles. The Morgan fingerprint density at radius 3 is 2.20 bits per heavy atom. The molecule has 1 heterocycles. The molecule has 4 aromatic rings. The number of carbonyl (C=O) groups excluding carboxylic acids is 1. The van der Waals surface area contributed by atoms with Gasteiger partial charge in [0.2, 0.25) is 11.8 Å². The van der Waals surface area contributed by atoms with Crippen molar-refractivity contribution in [1.82, 2.24) is 9.97 Å². The van der Waals surface area contributed by atoms with Gasteiger partial charge in [-0.05, 0) is 60.9 Å². The van der Waals surface area contributed by atoms with E-state index in [0.717, 1.165) is 12.1 Å². The van der Waals surface area contributed by atoms with E-state index in [1.54, 1.807) is 31.2 Å². The molecule has 11 nitrogen and oxygen atoms in total. The molecule has 0 spiro atoms. The van der Waals surface area contributed by atoms with Crippen LogP contribution in [0.3, 0.4) is 0 Å². The van der Waals surface area contributed by atoms with Gasteiger partial charge in [-0.25, -0.2) is 4.98 Å². The smallest absolute Gasteiger partial charge is 0.471 e. The lowest BCUT2D eigenvalue weighted by Gasteiger charge is -2.23. The minimum Gasteiger partial charge on any atom is -0.471 e. The van der Waals surface area contributed by atoms with Gasteiger partial charge < -0.3 is 23.4 Å². The van der Waals surface area contributed by atoms with Gasteiger partial charge in [-0.15, -0.1) is 0 Å². The molecule has 0 aliphatic rings. The van der Waals surface area contributed by atoms with E-state index < -0.39 is 62.6 Å². The summed E-state index contributed by atoms with van der Waals surface area (Å²) in [5.41, 5.74) is 0.938. The lowest BCUT2D eigenvalue weighted by atomic mass is 10.0. The minimum atomic E-state index is -5.29. The second-order valence-corrected chi connectivity index (χ2v) is 12.8. The van der Waals surface area contributed by atoms with Gasteiger partial charge >= 0.3 is 18.3 Å². The van der Waals surface area contributed by atoms with E-state index in [0.29, 0.717) is 22.9 Å². The molecular formula is C30H25F6N4O7S2-. The summed E-state index contributed by atoms with van der Waals surface area (Å²) in [7, 11) is -7.01. The van der Waals surface area contributed by atoms with E-state index >= 15 is 0 Å². The number of hydrogen-bond donors (Lipinski definition) is 2. The van der Waals surface area contributed by atoms with Crippen molar-refractivity contribution in [3.05, 3.63) is 90.1 Å². The Bertz CT molecular complexity index is 2000. The van der Waals surface area contributed by atoms with E-state index in [4.69, 9.17) is 9.47 Å². The fourth-order valence-corrected chi connectivity index (χ4v) is 5.18. The SMILES string of the molecule is CC(OCc1cccc(-c2ccc(S(=O)(=O)O)cc2)c1)C(C)Oc1nc(Nc2ccc([S-](=O)=NC(=O)C(F)(F)F)cc2)ncc1C(F)(F)F. The van der Waals surface area contributed by atoms with Crippen LogP contribution in [0.5, 0.6) is 5.88 Å². The highest BCUT2D eigenvalue weighted by Gasteiger charge is 2.38. The number of carbonyl (C=O) groups is 1. The molecule has 19 heteroatoms. The summed E-state index contributed by atoms with van der Waals surface area (Å²) in [6.45, 7) is 3.09. The molecule has 0 aliphatic carbocycles. The first kappa shape index (κ1) is 37.2. The number of ether oxygens (including phenoxy) is 2. The van der Waals surface area contributed by atoms with Crippen molar-refractivity contribution in [3.63, 3.8) is 0 Å². The van der Waals surface area contributed by atoms with Crippen LogP contribution in [-0.4, -0.2) is 47.2 Å². The first-order valence-corrected chi connectivity index (χ1v) is 16.4. The Labute approximate surface area is 277 Å². The van der Waals surface area contributed by atoms with E-state index in [2.05, 4.69) is 19.6 Å². The summed E-state index contributed by atoms with van der Waals surface area (Å²) >= 11 is 0. The lowest BCUT2D eigenvalue weighted by molar-refractivity contribution is -0.169. The van der Waals surface area contributed by atoms with Gasteiger partial charge in [0.25, 0.3) is 10.1 Å². The second-order valence-electron chi connectivity index (χ2n) is 10.2. The fourth-order valence-electron chi connectivity index (χ4n) is 3.97.